The van der Waals surface area contributed by atoms with E-state index in [1.54, 1.807) is 11.3 Å². The lowest BCUT2D eigenvalue weighted by Gasteiger charge is -2.05. The maximum atomic E-state index is 11.3. The normalized spacial score (nSPS) is 10.9. The summed E-state index contributed by atoms with van der Waals surface area (Å²) in [5.41, 5.74) is 6.18. The smallest absolute Gasteiger partial charge is 0.284 e. The van der Waals surface area contributed by atoms with Crippen molar-refractivity contribution in [2.45, 2.75) is 23.8 Å². The summed E-state index contributed by atoms with van der Waals surface area (Å²) in [6.07, 6.45) is 1.45. The fourth-order valence-electron chi connectivity index (χ4n) is 2.23. The Morgan fingerprint density at radius 1 is 1.33 bits per heavy atom. The van der Waals surface area contributed by atoms with Crippen LogP contribution in [0.1, 0.15) is 20.8 Å². The minimum Gasteiger partial charge on any atom is -0.366 e. The average Bonchev–Trinajstić information content (AvgIpc) is 2.83. The van der Waals surface area contributed by atoms with E-state index in [0.717, 1.165) is 20.7 Å². The summed E-state index contributed by atoms with van der Waals surface area (Å²) in [5.74, 6) is -0.705. The van der Waals surface area contributed by atoms with E-state index in [-0.39, 0.29) is 11.3 Å². The Hall–Kier alpha value is -2.52. The molecule has 0 spiro atoms. The van der Waals surface area contributed by atoms with Gasteiger partial charge in [0.2, 0.25) is 5.91 Å². The van der Waals surface area contributed by atoms with Gasteiger partial charge in [-0.1, -0.05) is 11.8 Å². The summed E-state index contributed by atoms with van der Waals surface area (Å²) in [7, 11) is 0. The molecule has 24 heavy (non-hydrogen) atoms. The molecular weight excluding hydrogens is 348 g/mol. The van der Waals surface area contributed by atoms with Crippen molar-refractivity contribution in [3.05, 3.63) is 50.6 Å². The van der Waals surface area contributed by atoms with Crippen LogP contribution in [0.5, 0.6) is 0 Å². The van der Waals surface area contributed by atoms with Crippen LogP contribution in [0, 0.1) is 24.0 Å². The van der Waals surface area contributed by atoms with Gasteiger partial charge < -0.3 is 5.73 Å². The molecule has 0 aliphatic carbocycles. The van der Waals surface area contributed by atoms with Gasteiger partial charge in [0.05, 0.1) is 9.82 Å². The highest BCUT2D eigenvalue weighted by molar-refractivity contribution is 7.99. The zero-order valence-corrected chi connectivity index (χ0v) is 14.4. The van der Waals surface area contributed by atoms with Gasteiger partial charge in [0.1, 0.15) is 16.2 Å². The number of thiophene rings is 1. The molecule has 2 N–H and O–H groups in total. The number of rotatable bonds is 4. The van der Waals surface area contributed by atoms with E-state index < -0.39 is 10.8 Å². The highest BCUT2D eigenvalue weighted by Gasteiger charge is 2.20. The summed E-state index contributed by atoms with van der Waals surface area (Å²) in [5, 5.41) is 12.9. The fourth-order valence-corrected chi connectivity index (χ4v) is 4.33. The molecule has 0 bridgehead atoms. The van der Waals surface area contributed by atoms with Crippen LogP contribution in [0.4, 0.5) is 5.69 Å². The SMILES string of the molecule is Cc1sc2ncnc(Sc3ccc(C(N)=O)cc3[N+](=O)[O-])c2c1C. The van der Waals surface area contributed by atoms with Gasteiger partial charge in [0.15, 0.2) is 0 Å². The van der Waals surface area contributed by atoms with Gasteiger partial charge in [-0.05, 0) is 31.5 Å². The molecule has 1 amide bonds. The van der Waals surface area contributed by atoms with Gasteiger partial charge in [0.25, 0.3) is 5.69 Å². The first kappa shape index (κ1) is 16.3. The van der Waals surface area contributed by atoms with Crippen LogP contribution in [0.15, 0.2) is 34.4 Å². The molecule has 2 aromatic heterocycles. The zero-order chi connectivity index (χ0) is 17.4. The van der Waals surface area contributed by atoms with Crippen molar-refractivity contribution in [1.82, 2.24) is 9.97 Å². The predicted molar refractivity (Wildman–Crippen MR) is 92.6 cm³/mol. The fraction of sp³-hybridized carbons (Fsp3) is 0.133. The molecule has 0 radical (unpaired) electrons. The highest BCUT2D eigenvalue weighted by Crippen LogP contribution is 2.40. The Labute approximate surface area is 145 Å². The molecule has 0 fully saturated rings. The summed E-state index contributed by atoms with van der Waals surface area (Å²) in [6.45, 7) is 3.98. The predicted octanol–water partition coefficient (Wildman–Crippen LogP) is 3.47. The summed E-state index contributed by atoms with van der Waals surface area (Å²) in [6, 6.07) is 4.18. The number of hydrogen-bond donors (Lipinski definition) is 1. The van der Waals surface area contributed by atoms with Crippen LogP contribution in [0.25, 0.3) is 10.2 Å². The number of fused-ring (bicyclic) bond motifs is 1. The first-order chi connectivity index (χ1) is 11.4. The van der Waals surface area contributed by atoms with E-state index in [4.69, 9.17) is 5.73 Å². The minimum atomic E-state index is -0.705. The molecule has 9 heteroatoms. The summed E-state index contributed by atoms with van der Waals surface area (Å²) >= 11 is 2.74. The number of carbonyl (C=O) groups is 1. The standard InChI is InChI=1S/C15H12N4O3S2/c1-7-8(2)23-14-12(7)15(18-6-17-14)24-11-4-3-9(13(16)20)5-10(11)19(21)22/h3-6H,1-2H3,(H2,16,20). The zero-order valence-electron chi connectivity index (χ0n) is 12.8. The Balaban J connectivity index is 2.12. The highest BCUT2D eigenvalue weighted by atomic mass is 32.2. The molecule has 1 aromatic carbocycles. The monoisotopic (exact) mass is 360 g/mol. The molecular formula is C15H12N4O3S2. The number of aromatic nitrogens is 2. The topological polar surface area (TPSA) is 112 Å². The maximum absolute atomic E-state index is 11.3. The average molecular weight is 360 g/mol. The van der Waals surface area contributed by atoms with Crippen molar-refractivity contribution in [3.8, 4) is 0 Å². The number of benzene rings is 1. The lowest BCUT2D eigenvalue weighted by molar-refractivity contribution is -0.387. The number of nitro benzene ring substituents is 1. The Kier molecular flexibility index (Phi) is 4.20. The lowest BCUT2D eigenvalue weighted by Crippen LogP contribution is -2.11. The first-order valence-corrected chi connectivity index (χ1v) is 8.48. The van der Waals surface area contributed by atoms with Gasteiger partial charge in [-0.2, -0.15) is 0 Å². The molecule has 3 aromatic rings. The van der Waals surface area contributed by atoms with E-state index >= 15 is 0 Å². The molecule has 0 unspecified atom stereocenters. The number of hydrogen-bond acceptors (Lipinski definition) is 7. The Bertz CT molecular complexity index is 984. The van der Waals surface area contributed by atoms with Crippen LogP contribution in [-0.4, -0.2) is 20.8 Å². The van der Waals surface area contributed by atoms with Gasteiger partial charge in [0, 0.05) is 21.9 Å². The molecule has 0 saturated heterocycles. The summed E-state index contributed by atoms with van der Waals surface area (Å²) < 4.78 is 0. The molecule has 3 rings (SSSR count). The molecule has 0 saturated carbocycles. The van der Waals surface area contributed by atoms with E-state index in [1.807, 2.05) is 13.8 Å². The number of amides is 1. The third-order valence-corrected chi connectivity index (χ3v) is 5.76. The second-order valence-corrected chi connectivity index (χ2v) is 7.28. The molecule has 0 atom stereocenters. The Morgan fingerprint density at radius 3 is 2.75 bits per heavy atom. The molecule has 0 aliphatic rings. The van der Waals surface area contributed by atoms with Gasteiger partial charge in [-0.25, -0.2) is 9.97 Å². The number of carbonyl (C=O) groups excluding carboxylic acids is 1. The van der Waals surface area contributed by atoms with Crippen molar-refractivity contribution in [2.24, 2.45) is 5.73 Å². The quantitative estimate of drug-likeness (QED) is 0.433. The van der Waals surface area contributed by atoms with Crippen LogP contribution >= 0.6 is 23.1 Å². The Morgan fingerprint density at radius 2 is 2.08 bits per heavy atom. The van der Waals surface area contributed by atoms with Crippen molar-refractivity contribution in [2.75, 3.05) is 0 Å². The van der Waals surface area contributed by atoms with Crippen LogP contribution in [0.3, 0.4) is 0 Å². The van der Waals surface area contributed by atoms with E-state index in [9.17, 15) is 14.9 Å². The molecule has 122 valence electrons. The van der Waals surface area contributed by atoms with Crippen LogP contribution < -0.4 is 5.73 Å². The largest absolute Gasteiger partial charge is 0.366 e. The van der Waals surface area contributed by atoms with Gasteiger partial charge in [-0.3, -0.25) is 14.9 Å². The minimum absolute atomic E-state index is 0.0986. The molecule has 0 aliphatic heterocycles. The van der Waals surface area contributed by atoms with Crippen molar-refractivity contribution in [1.29, 1.82) is 0 Å². The van der Waals surface area contributed by atoms with Crippen LogP contribution in [0.2, 0.25) is 0 Å². The third-order valence-electron chi connectivity index (χ3n) is 3.58. The molecule has 7 nitrogen and oxygen atoms in total. The number of nitro groups is 1. The van der Waals surface area contributed by atoms with Gasteiger partial charge >= 0.3 is 0 Å². The van der Waals surface area contributed by atoms with Crippen molar-refractivity contribution >= 4 is 44.9 Å². The van der Waals surface area contributed by atoms with E-state index in [2.05, 4.69) is 9.97 Å². The van der Waals surface area contributed by atoms with Crippen molar-refractivity contribution < 1.29 is 9.72 Å². The first-order valence-electron chi connectivity index (χ1n) is 6.85. The van der Waals surface area contributed by atoms with E-state index in [1.165, 1.54) is 36.3 Å². The third kappa shape index (κ3) is 2.83. The number of aryl methyl sites for hydroxylation is 2. The lowest BCUT2D eigenvalue weighted by atomic mass is 10.2. The van der Waals surface area contributed by atoms with Crippen molar-refractivity contribution in [3.63, 3.8) is 0 Å². The number of primary amides is 1. The summed E-state index contributed by atoms with van der Waals surface area (Å²) in [4.78, 5) is 33.0. The second-order valence-electron chi connectivity index (χ2n) is 5.05. The number of nitrogens with zero attached hydrogens (tertiary/aromatic N) is 3. The van der Waals surface area contributed by atoms with E-state index in [0.29, 0.717) is 9.92 Å². The maximum Gasteiger partial charge on any atom is 0.284 e. The second kappa shape index (κ2) is 6.17. The molecule has 2 heterocycles. The van der Waals surface area contributed by atoms with Crippen LogP contribution in [-0.2, 0) is 0 Å². The van der Waals surface area contributed by atoms with Gasteiger partial charge in [-0.15, -0.1) is 11.3 Å². The number of nitrogens with two attached hydrogens (primary N) is 1.